The fraction of sp³-hybridized carbons (Fsp3) is 0.857. The van der Waals surface area contributed by atoms with Gasteiger partial charge in [0.2, 0.25) is 11.8 Å². The van der Waals surface area contributed by atoms with Crippen LogP contribution in [0.15, 0.2) is 0 Å². The average Bonchev–Trinajstić information content (AvgIpc) is 2.67. The number of nitrogens with zero attached hydrogens (tertiary/aromatic N) is 1. The lowest BCUT2D eigenvalue weighted by Gasteiger charge is -2.36. The molecule has 1 aliphatic heterocycles. The van der Waals surface area contributed by atoms with Crippen LogP contribution in [0.3, 0.4) is 0 Å². The van der Waals surface area contributed by atoms with E-state index in [4.69, 9.17) is 11.5 Å². The van der Waals surface area contributed by atoms with Crippen molar-refractivity contribution in [1.29, 1.82) is 0 Å². The minimum Gasteiger partial charge on any atom is -0.391 e. The van der Waals surface area contributed by atoms with Crippen molar-refractivity contribution >= 4 is 11.8 Å². The molecule has 2 atom stereocenters. The molecule has 114 valence electrons. The van der Waals surface area contributed by atoms with Crippen LogP contribution in [0.4, 0.5) is 0 Å². The molecule has 0 radical (unpaired) electrons. The highest BCUT2D eigenvalue weighted by atomic mass is 16.3. The van der Waals surface area contributed by atoms with Crippen molar-refractivity contribution in [3.8, 4) is 0 Å². The molecule has 0 aromatic heterocycles. The molecular formula is C14H25N3O3. The number of hydrogen-bond donors (Lipinski definition) is 3. The summed E-state index contributed by atoms with van der Waals surface area (Å²) in [7, 11) is 0. The van der Waals surface area contributed by atoms with Crippen LogP contribution in [0, 0.1) is 5.41 Å². The zero-order valence-corrected chi connectivity index (χ0v) is 11.9. The van der Waals surface area contributed by atoms with Crippen LogP contribution >= 0.6 is 0 Å². The van der Waals surface area contributed by atoms with Crippen molar-refractivity contribution in [2.45, 2.75) is 57.1 Å². The Morgan fingerprint density at radius 1 is 1.20 bits per heavy atom. The molecule has 1 saturated carbocycles. The maximum Gasteiger partial charge on any atom is 0.240 e. The summed E-state index contributed by atoms with van der Waals surface area (Å²) in [5.74, 6) is -0.641. The van der Waals surface area contributed by atoms with E-state index >= 15 is 0 Å². The van der Waals surface area contributed by atoms with Gasteiger partial charge in [0.15, 0.2) is 0 Å². The van der Waals surface area contributed by atoms with E-state index in [1.807, 2.05) is 0 Å². The van der Waals surface area contributed by atoms with Gasteiger partial charge in [-0.15, -0.1) is 0 Å². The summed E-state index contributed by atoms with van der Waals surface area (Å²) in [6, 6.07) is -0.691. The summed E-state index contributed by atoms with van der Waals surface area (Å²) in [5, 5.41) is 9.75. The third-order valence-electron chi connectivity index (χ3n) is 4.77. The van der Waals surface area contributed by atoms with Gasteiger partial charge in [-0.1, -0.05) is 25.7 Å². The molecule has 2 aliphatic rings. The van der Waals surface area contributed by atoms with E-state index in [-0.39, 0.29) is 18.9 Å². The fourth-order valence-electron chi connectivity index (χ4n) is 3.52. The Kier molecular flexibility index (Phi) is 4.65. The molecule has 2 fully saturated rings. The second-order valence-corrected chi connectivity index (χ2v) is 6.16. The van der Waals surface area contributed by atoms with Gasteiger partial charge >= 0.3 is 0 Å². The Bertz CT molecular complexity index is 378. The van der Waals surface area contributed by atoms with E-state index in [9.17, 15) is 14.7 Å². The molecule has 1 aliphatic carbocycles. The van der Waals surface area contributed by atoms with E-state index in [0.717, 1.165) is 38.5 Å². The Balaban J connectivity index is 2.20. The molecule has 2 unspecified atom stereocenters. The number of carbonyl (C=O) groups is 2. The maximum absolute atomic E-state index is 12.9. The molecule has 2 amide bonds. The zero-order chi connectivity index (χ0) is 14.8. The van der Waals surface area contributed by atoms with Gasteiger partial charge in [0.1, 0.15) is 6.04 Å². The summed E-state index contributed by atoms with van der Waals surface area (Å²) < 4.78 is 0. The van der Waals surface area contributed by atoms with Gasteiger partial charge in [0.05, 0.1) is 11.5 Å². The van der Waals surface area contributed by atoms with Crippen molar-refractivity contribution in [2.24, 2.45) is 16.9 Å². The zero-order valence-electron chi connectivity index (χ0n) is 11.9. The van der Waals surface area contributed by atoms with Crippen LogP contribution in [0.2, 0.25) is 0 Å². The van der Waals surface area contributed by atoms with Gasteiger partial charge < -0.3 is 21.5 Å². The SMILES string of the molecule is NCC1(C(=O)N2CC(O)CC2C(N)=O)CCCCCC1. The minimum absolute atomic E-state index is 0.0951. The van der Waals surface area contributed by atoms with Crippen molar-refractivity contribution < 1.29 is 14.7 Å². The molecular weight excluding hydrogens is 258 g/mol. The van der Waals surface area contributed by atoms with Crippen LogP contribution in [0.25, 0.3) is 0 Å². The van der Waals surface area contributed by atoms with Gasteiger partial charge in [0, 0.05) is 19.5 Å². The molecule has 0 spiro atoms. The Morgan fingerprint density at radius 3 is 2.30 bits per heavy atom. The van der Waals surface area contributed by atoms with Gasteiger partial charge in [0.25, 0.3) is 0 Å². The number of aliphatic hydroxyl groups is 1. The number of amides is 2. The standard InChI is InChI=1S/C14H25N3O3/c15-9-14(5-3-1-2-4-6-14)13(20)17-8-10(18)7-11(17)12(16)19/h10-11,18H,1-9,15H2,(H2,16,19). The van der Waals surface area contributed by atoms with E-state index in [1.54, 1.807) is 0 Å². The van der Waals surface area contributed by atoms with Gasteiger partial charge in [-0.05, 0) is 12.8 Å². The number of aliphatic hydroxyl groups excluding tert-OH is 1. The first-order chi connectivity index (χ1) is 9.50. The van der Waals surface area contributed by atoms with Crippen LogP contribution in [0.1, 0.15) is 44.9 Å². The van der Waals surface area contributed by atoms with E-state index in [2.05, 4.69) is 0 Å². The minimum atomic E-state index is -0.691. The summed E-state index contributed by atoms with van der Waals surface area (Å²) in [6.07, 6.45) is 5.31. The molecule has 5 N–H and O–H groups in total. The third-order valence-corrected chi connectivity index (χ3v) is 4.77. The highest BCUT2D eigenvalue weighted by Crippen LogP contribution is 2.37. The molecule has 1 heterocycles. The van der Waals surface area contributed by atoms with Crippen LogP contribution in [-0.2, 0) is 9.59 Å². The second kappa shape index (κ2) is 6.10. The van der Waals surface area contributed by atoms with Crippen molar-refractivity contribution in [2.75, 3.05) is 13.1 Å². The van der Waals surface area contributed by atoms with Crippen molar-refractivity contribution in [3.63, 3.8) is 0 Å². The van der Waals surface area contributed by atoms with Crippen LogP contribution in [-0.4, -0.2) is 47.1 Å². The van der Waals surface area contributed by atoms with E-state index in [1.165, 1.54) is 4.90 Å². The molecule has 0 aromatic carbocycles. The van der Waals surface area contributed by atoms with Gasteiger partial charge in [-0.25, -0.2) is 0 Å². The number of primary amides is 1. The topological polar surface area (TPSA) is 110 Å². The third kappa shape index (κ3) is 2.81. The molecule has 0 bridgehead atoms. The van der Waals surface area contributed by atoms with Crippen LogP contribution in [0.5, 0.6) is 0 Å². The largest absolute Gasteiger partial charge is 0.391 e. The van der Waals surface area contributed by atoms with E-state index in [0.29, 0.717) is 6.54 Å². The number of likely N-dealkylation sites (tertiary alicyclic amines) is 1. The highest BCUT2D eigenvalue weighted by Gasteiger charge is 2.46. The van der Waals surface area contributed by atoms with Gasteiger partial charge in [-0.3, -0.25) is 9.59 Å². The van der Waals surface area contributed by atoms with Crippen molar-refractivity contribution in [3.05, 3.63) is 0 Å². The summed E-state index contributed by atoms with van der Waals surface area (Å²) in [6.45, 7) is 0.484. The molecule has 0 aromatic rings. The summed E-state index contributed by atoms with van der Waals surface area (Å²) in [5.41, 5.74) is 10.7. The predicted molar refractivity (Wildman–Crippen MR) is 74.5 cm³/mol. The molecule has 20 heavy (non-hydrogen) atoms. The normalized spacial score (nSPS) is 30.0. The quantitative estimate of drug-likeness (QED) is 0.619. The summed E-state index contributed by atoms with van der Waals surface area (Å²) >= 11 is 0. The first kappa shape index (κ1) is 15.3. The average molecular weight is 283 g/mol. The highest BCUT2D eigenvalue weighted by molar-refractivity contribution is 5.90. The number of carbonyl (C=O) groups excluding carboxylic acids is 2. The van der Waals surface area contributed by atoms with Crippen LogP contribution < -0.4 is 11.5 Å². The lowest BCUT2D eigenvalue weighted by atomic mass is 9.79. The molecule has 1 saturated heterocycles. The predicted octanol–water partition coefficient (Wildman–Crippen LogP) is -0.267. The lowest BCUT2D eigenvalue weighted by molar-refractivity contribution is -0.146. The number of hydrogen-bond acceptors (Lipinski definition) is 4. The first-order valence-corrected chi connectivity index (χ1v) is 7.49. The monoisotopic (exact) mass is 283 g/mol. The maximum atomic E-state index is 12.9. The lowest BCUT2D eigenvalue weighted by Crippen LogP contribution is -2.52. The second-order valence-electron chi connectivity index (χ2n) is 6.16. The molecule has 6 heteroatoms. The van der Waals surface area contributed by atoms with Gasteiger partial charge in [-0.2, -0.15) is 0 Å². The Morgan fingerprint density at radius 2 is 1.80 bits per heavy atom. The number of rotatable bonds is 3. The molecule has 6 nitrogen and oxygen atoms in total. The Labute approximate surface area is 119 Å². The first-order valence-electron chi connectivity index (χ1n) is 7.49. The smallest absolute Gasteiger partial charge is 0.240 e. The summed E-state index contributed by atoms with van der Waals surface area (Å²) in [4.78, 5) is 25.8. The number of β-amino-alcohol motifs (C(OH)–C–C–N with tert-alkyl or cyclic N) is 1. The number of nitrogens with two attached hydrogens (primary N) is 2. The van der Waals surface area contributed by atoms with Crippen molar-refractivity contribution in [1.82, 2.24) is 4.90 Å². The fourth-order valence-corrected chi connectivity index (χ4v) is 3.52. The van der Waals surface area contributed by atoms with E-state index < -0.39 is 23.5 Å². The molecule has 2 rings (SSSR count). The Hall–Kier alpha value is -1.14.